The van der Waals surface area contributed by atoms with Gasteiger partial charge in [-0.15, -0.1) is 0 Å². The number of nitrogens with one attached hydrogen (secondary N) is 1. The fraction of sp³-hybridized carbons (Fsp3) is 0.259. The van der Waals surface area contributed by atoms with Gasteiger partial charge in [-0.3, -0.25) is 9.98 Å². The van der Waals surface area contributed by atoms with E-state index in [1.54, 1.807) is 24.8 Å². The Morgan fingerprint density at radius 2 is 2.09 bits per heavy atom. The lowest BCUT2D eigenvalue weighted by atomic mass is 9.99. The summed E-state index contributed by atoms with van der Waals surface area (Å²) in [4.78, 5) is 18.1. The van der Waals surface area contributed by atoms with Crippen LogP contribution in [-0.4, -0.2) is 47.0 Å². The van der Waals surface area contributed by atoms with Crippen LogP contribution in [-0.2, 0) is 6.42 Å². The zero-order valence-electron chi connectivity index (χ0n) is 19.4. The van der Waals surface area contributed by atoms with Gasteiger partial charge in [0.2, 0.25) is 0 Å². The number of rotatable bonds is 8. The normalized spacial score (nSPS) is 16.1. The molecule has 4 heterocycles. The Morgan fingerprint density at radius 3 is 2.89 bits per heavy atom. The Labute approximate surface area is 203 Å². The van der Waals surface area contributed by atoms with E-state index in [-0.39, 0.29) is 12.5 Å². The van der Waals surface area contributed by atoms with E-state index in [1.807, 2.05) is 30.5 Å². The smallest absolute Gasteiger partial charge is 0.160 e. The van der Waals surface area contributed by atoms with Gasteiger partial charge in [-0.1, -0.05) is 6.08 Å². The minimum absolute atomic E-state index is 0.242. The van der Waals surface area contributed by atoms with E-state index < -0.39 is 12.5 Å². The van der Waals surface area contributed by atoms with Gasteiger partial charge in [0.1, 0.15) is 12.5 Å². The topological polar surface area (TPSA) is 89.1 Å². The minimum atomic E-state index is -0.714. The van der Waals surface area contributed by atoms with E-state index in [1.165, 1.54) is 6.08 Å². The fourth-order valence-corrected chi connectivity index (χ4v) is 3.98. The van der Waals surface area contributed by atoms with Crippen LogP contribution in [0.4, 0.5) is 8.78 Å². The summed E-state index contributed by atoms with van der Waals surface area (Å²) in [6, 6.07) is 7.99. The molecule has 0 radical (unpaired) electrons. The van der Waals surface area contributed by atoms with Crippen molar-refractivity contribution in [1.82, 2.24) is 20.3 Å². The molecular weight excluding hydrogens is 446 g/mol. The summed E-state index contributed by atoms with van der Waals surface area (Å²) >= 11 is 0. The van der Waals surface area contributed by atoms with E-state index in [9.17, 15) is 8.78 Å². The molecule has 3 N–H and O–H groups in total. The zero-order chi connectivity index (χ0) is 24.5. The molecule has 0 saturated carbocycles. The summed E-state index contributed by atoms with van der Waals surface area (Å²) in [6.07, 6.45) is 14.4. The Kier molecular flexibility index (Phi) is 8.40. The predicted octanol–water partition coefficient (Wildman–Crippen LogP) is 4.74. The number of nitrogens with two attached hydrogens (primary N) is 1. The van der Waals surface area contributed by atoms with E-state index in [2.05, 4.69) is 20.3 Å². The van der Waals surface area contributed by atoms with Crippen molar-refractivity contribution in [3.8, 4) is 11.1 Å². The van der Waals surface area contributed by atoms with Crippen molar-refractivity contribution in [2.45, 2.75) is 25.3 Å². The van der Waals surface area contributed by atoms with Crippen molar-refractivity contribution in [2.75, 3.05) is 19.8 Å². The first kappa shape index (κ1) is 24.3. The van der Waals surface area contributed by atoms with Crippen molar-refractivity contribution in [1.29, 1.82) is 0 Å². The van der Waals surface area contributed by atoms with E-state index >= 15 is 0 Å². The number of aromatic nitrogens is 3. The molecule has 0 atom stereocenters. The fourth-order valence-electron chi connectivity index (χ4n) is 3.98. The maximum absolute atomic E-state index is 13.9. The highest BCUT2D eigenvalue weighted by Crippen LogP contribution is 2.29. The number of nitrogens with zero attached hydrogens (tertiary/aromatic N) is 4. The average molecular weight is 475 g/mol. The van der Waals surface area contributed by atoms with Crippen molar-refractivity contribution < 1.29 is 8.78 Å². The Morgan fingerprint density at radius 1 is 1.23 bits per heavy atom. The van der Waals surface area contributed by atoms with Crippen LogP contribution in [0.15, 0.2) is 78.1 Å². The van der Waals surface area contributed by atoms with Gasteiger partial charge in [-0.2, -0.15) is 0 Å². The lowest BCUT2D eigenvalue weighted by molar-refractivity contribution is 0.461. The molecule has 0 amide bonds. The quantitative estimate of drug-likeness (QED) is 0.364. The van der Waals surface area contributed by atoms with Crippen LogP contribution in [0.25, 0.3) is 27.7 Å². The summed E-state index contributed by atoms with van der Waals surface area (Å²) in [6.45, 7) is 1.23. The molecule has 35 heavy (non-hydrogen) atoms. The summed E-state index contributed by atoms with van der Waals surface area (Å²) < 4.78 is 26.2. The van der Waals surface area contributed by atoms with Crippen molar-refractivity contribution >= 4 is 22.8 Å². The Hall–Kier alpha value is -3.78. The van der Waals surface area contributed by atoms with Crippen LogP contribution in [0.5, 0.6) is 0 Å². The van der Waals surface area contributed by atoms with E-state index in [4.69, 9.17) is 10.7 Å². The van der Waals surface area contributed by atoms with Gasteiger partial charge in [0.15, 0.2) is 5.65 Å². The number of fused-ring (bicyclic) bond motifs is 1. The average Bonchev–Trinajstić information content (AvgIpc) is 2.91. The molecule has 1 fully saturated rings. The van der Waals surface area contributed by atoms with Gasteiger partial charge in [0.05, 0.1) is 6.04 Å². The third kappa shape index (κ3) is 6.42. The van der Waals surface area contributed by atoms with E-state index in [0.717, 1.165) is 65.7 Å². The third-order valence-electron chi connectivity index (χ3n) is 5.80. The van der Waals surface area contributed by atoms with Crippen molar-refractivity contribution in [3.63, 3.8) is 0 Å². The monoisotopic (exact) mass is 474 g/mol. The molecule has 180 valence electrons. The molecule has 1 aliphatic heterocycles. The SMILES string of the molecule is NC=C(C=NC1CCNCC1)c1cncc(-c2cc(C/C=C(F)\C=C/CF)nc3ncccc23)c1. The highest BCUT2D eigenvalue weighted by atomic mass is 19.1. The maximum atomic E-state index is 13.9. The lowest BCUT2D eigenvalue weighted by Gasteiger charge is -2.18. The minimum Gasteiger partial charge on any atom is -0.404 e. The molecule has 3 aromatic rings. The van der Waals surface area contributed by atoms with Crippen molar-refractivity contribution in [2.24, 2.45) is 10.7 Å². The number of allylic oxidation sites excluding steroid dienone is 5. The van der Waals surface area contributed by atoms with Crippen LogP contribution in [0, 0.1) is 0 Å². The molecule has 8 heteroatoms. The highest BCUT2D eigenvalue weighted by molar-refractivity contribution is 6.10. The van der Waals surface area contributed by atoms with Crippen LogP contribution in [0.2, 0.25) is 0 Å². The predicted molar refractivity (Wildman–Crippen MR) is 137 cm³/mol. The second-order valence-corrected chi connectivity index (χ2v) is 8.23. The van der Waals surface area contributed by atoms with Gasteiger partial charge < -0.3 is 11.1 Å². The zero-order valence-corrected chi connectivity index (χ0v) is 19.4. The molecule has 4 rings (SSSR count). The molecule has 3 aromatic heterocycles. The largest absolute Gasteiger partial charge is 0.404 e. The number of hydrogen-bond donors (Lipinski definition) is 2. The molecule has 0 unspecified atom stereocenters. The third-order valence-corrected chi connectivity index (χ3v) is 5.80. The first-order valence-corrected chi connectivity index (χ1v) is 11.6. The van der Waals surface area contributed by atoms with Crippen LogP contribution < -0.4 is 11.1 Å². The summed E-state index contributed by atoms with van der Waals surface area (Å²) in [5.74, 6) is -0.512. The number of pyridine rings is 3. The lowest BCUT2D eigenvalue weighted by Crippen LogP contribution is -2.29. The molecule has 0 spiro atoms. The number of halogens is 2. The van der Waals surface area contributed by atoms with Gasteiger partial charge in [0.25, 0.3) is 0 Å². The molecule has 6 nitrogen and oxygen atoms in total. The maximum Gasteiger partial charge on any atom is 0.160 e. The Bertz CT molecular complexity index is 1280. The second-order valence-electron chi connectivity index (χ2n) is 8.23. The highest BCUT2D eigenvalue weighted by Gasteiger charge is 2.13. The van der Waals surface area contributed by atoms with Crippen LogP contribution in [0.3, 0.4) is 0 Å². The van der Waals surface area contributed by atoms with Gasteiger partial charge >= 0.3 is 0 Å². The number of aliphatic imine (C=N–C) groups is 1. The summed E-state index contributed by atoms with van der Waals surface area (Å²) in [5, 5.41) is 4.20. The number of hydrogen-bond acceptors (Lipinski definition) is 6. The van der Waals surface area contributed by atoms with Crippen LogP contribution >= 0.6 is 0 Å². The van der Waals surface area contributed by atoms with Crippen LogP contribution in [0.1, 0.15) is 24.1 Å². The standard InChI is InChI=1S/C27H28F2N6/c28-9-1-3-22(29)5-6-24-14-26(25-4-2-10-33-27(25)35-24)20-13-19(16-32-17-20)21(15-30)18-34-23-7-11-31-12-8-23/h1-5,10,13-18,23,31H,6-9,11-12,30H2/b3-1-,21-15?,22-5+,34-18?. The first-order chi connectivity index (χ1) is 17.2. The van der Waals surface area contributed by atoms with Gasteiger partial charge in [0, 0.05) is 65.2 Å². The first-order valence-electron chi connectivity index (χ1n) is 11.6. The number of piperidine rings is 1. The molecule has 0 bridgehead atoms. The summed E-state index contributed by atoms with van der Waals surface area (Å²) in [7, 11) is 0. The summed E-state index contributed by atoms with van der Waals surface area (Å²) in [5.41, 5.74) is 10.5. The molecule has 0 aromatic carbocycles. The number of alkyl halides is 1. The van der Waals surface area contributed by atoms with E-state index in [0.29, 0.717) is 11.3 Å². The Balaban J connectivity index is 1.67. The van der Waals surface area contributed by atoms with Crippen molar-refractivity contribution in [3.05, 3.63) is 84.4 Å². The second kappa shape index (κ2) is 12.1. The van der Waals surface area contributed by atoms with Gasteiger partial charge in [-0.25, -0.2) is 18.7 Å². The van der Waals surface area contributed by atoms with Gasteiger partial charge in [-0.05, 0) is 67.9 Å². The molecule has 0 aliphatic carbocycles. The molecular formula is C27H28F2N6. The molecule has 1 aliphatic rings. The molecule has 1 saturated heterocycles.